The summed E-state index contributed by atoms with van der Waals surface area (Å²) < 4.78 is 11.0. The van der Waals surface area contributed by atoms with E-state index in [1.165, 1.54) is 0 Å². The second-order valence-electron chi connectivity index (χ2n) is 7.21. The number of aromatic nitrogens is 2. The molecule has 27 heavy (non-hydrogen) atoms. The minimum Gasteiger partial charge on any atom is -0.462 e. The second-order valence-corrected chi connectivity index (χ2v) is 8.15. The number of amides is 2. The van der Waals surface area contributed by atoms with E-state index in [4.69, 9.17) is 9.47 Å². The van der Waals surface area contributed by atoms with Crippen molar-refractivity contribution in [1.29, 1.82) is 0 Å². The SMILES string of the molecule is CC(C)(C)OC(=O)N1CC(Oc2nnc(NC(=O)Cc3ccccc3)s2)C1. The first-order valence-electron chi connectivity index (χ1n) is 8.60. The molecule has 1 aromatic heterocycles. The molecule has 1 aliphatic heterocycles. The van der Waals surface area contributed by atoms with Gasteiger partial charge in [0.25, 0.3) is 5.19 Å². The summed E-state index contributed by atoms with van der Waals surface area (Å²) in [6, 6.07) is 9.46. The van der Waals surface area contributed by atoms with Crippen molar-refractivity contribution in [3.63, 3.8) is 0 Å². The summed E-state index contributed by atoms with van der Waals surface area (Å²) in [6.45, 7) is 6.35. The minimum absolute atomic E-state index is 0.154. The van der Waals surface area contributed by atoms with Crippen molar-refractivity contribution in [3.05, 3.63) is 35.9 Å². The fraction of sp³-hybridized carbons (Fsp3) is 0.444. The summed E-state index contributed by atoms with van der Waals surface area (Å²) in [5.74, 6) is -0.163. The average molecular weight is 390 g/mol. The van der Waals surface area contributed by atoms with Crippen molar-refractivity contribution < 1.29 is 19.1 Å². The van der Waals surface area contributed by atoms with Crippen LogP contribution in [-0.4, -0.2) is 51.9 Å². The number of nitrogens with zero attached hydrogens (tertiary/aromatic N) is 3. The molecule has 0 saturated carbocycles. The molecule has 2 aromatic rings. The van der Waals surface area contributed by atoms with Crippen LogP contribution in [0.3, 0.4) is 0 Å². The van der Waals surface area contributed by atoms with Gasteiger partial charge in [0.05, 0.1) is 19.5 Å². The summed E-state index contributed by atoms with van der Waals surface area (Å²) in [6.07, 6.45) is -0.240. The number of hydrogen-bond donors (Lipinski definition) is 1. The van der Waals surface area contributed by atoms with Gasteiger partial charge in [-0.2, -0.15) is 0 Å². The molecule has 8 nitrogen and oxygen atoms in total. The van der Waals surface area contributed by atoms with E-state index in [0.29, 0.717) is 23.4 Å². The first-order valence-corrected chi connectivity index (χ1v) is 9.42. The second kappa shape index (κ2) is 7.91. The number of carbonyl (C=O) groups excluding carboxylic acids is 2. The predicted molar refractivity (Wildman–Crippen MR) is 101 cm³/mol. The molecule has 0 aliphatic carbocycles. The number of hydrogen-bond acceptors (Lipinski definition) is 7. The molecule has 9 heteroatoms. The van der Waals surface area contributed by atoms with Crippen LogP contribution in [0.2, 0.25) is 0 Å². The molecule has 1 aliphatic rings. The number of rotatable bonds is 5. The quantitative estimate of drug-likeness (QED) is 0.844. The van der Waals surface area contributed by atoms with Gasteiger partial charge in [-0.1, -0.05) is 35.4 Å². The van der Waals surface area contributed by atoms with Crippen LogP contribution in [0.15, 0.2) is 30.3 Å². The Morgan fingerprint density at radius 2 is 1.93 bits per heavy atom. The van der Waals surface area contributed by atoms with Gasteiger partial charge in [-0.15, -0.1) is 5.10 Å². The Morgan fingerprint density at radius 3 is 2.59 bits per heavy atom. The zero-order chi connectivity index (χ0) is 19.4. The molecule has 1 fully saturated rings. The highest BCUT2D eigenvalue weighted by molar-refractivity contribution is 7.17. The van der Waals surface area contributed by atoms with Crippen molar-refractivity contribution in [2.75, 3.05) is 18.4 Å². The maximum atomic E-state index is 12.0. The molecule has 1 N–H and O–H groups in total. The zero-order valence-corrected chi connectivity index (χ0v) is 16.3. The average Bonchev–Trinajstić information content (AvgIpc) is 2.96. The highest BCUT2D eigenvalue weighted by Gasteiger charge is 2.35. The normalized spacial score (nSPS) is 14.4. The fourth-order valence-corrected chi connectivity index (χ4v) is 3.06. The lowest BCUT2D eigenvalue weighted by atomic mass is 10.1. The van der Waals surface area contributed by atoms with E-state index >= 15 is 0 Å². The topological polar surface area (TPSA) is 93.7 Å². The molecule has 2 heterocycles. The maximum Gasteiger partial charge on any atom is 0.410 e. The lowest BCUT2D eigenvalue weighted by Gasteiger charge is -2.38. The molecule has 0 unspecified atom stereocenters. The van der Waals surface area contributed by atoms with Crippen LogP contribution in [0, 0.1) is 0 Å². The van der Waals surface area contributed by atoms with Gasteiger partial charge in [0.1, 0.15) is 11.7 Å². The third-order valence-electron chi connectivity index (χ3n) is 3.63. The van der Waals surface area contributed by atoms with Crippen LogP contribution in [0.25, 0.3) is 0 Å². The Morgan fingerprint density at radius 1 is 1.22 bits per heavy atom. The number of carbonyl (C=O) groups is 2. The molecule has 3 rings (SSSR count). The smallest absolute Gasteiger partial charge is 0.410 e. The fourth-order valence-electron chi connectivity index (χ4n) is 2.38. The molecule has 0 radical (unpaired) electrons. The molecule has 144 valence electrons. The van der Waals surface area contributed by atoms with Crippen molar-refractivity contribution >= 4 is 28.5 Å². The van der Waals surface area contributed by atoms with Gasteiger partial charge in [-0.25, -0.2) is 4.79 Å². The van der Waals surface area contributed by atoms with Crippen LogP contribution in [-0.2, 0) is 16.0 Å². The van der Waals surface area contributed by atoms with E-state index in [1.807, 2.05) is 51.1 Å². The van der Waals surface area contributed by atoms with Crippen molar-refractivity contribution in [1.82, 2.24) is 15.1 Å². The third kappa shape index (κ3) is 5.65. The van der Waals surface area contributed by atoms with Crippen LogP contribution in [0.5, 0.6) is 5.19 Å². The summed E-state index contributed by atoms with van der Waals surface area (Å²) in [5.41, 5.74) is 0.405. The number of likely N-dealkylation sites (tertiary alicyclic amines) is 1. The Hall–Kier alpha value is -2.68. The van der Waals surface area contributed by atoms with Gasteiger partial charge < -0.3 is 19.7 Å². The Labute approximate surface area is 161 Å². The molecular weight excluding hydrogens is 368 g/mol. The van der Waals surface area contributed by atoms with Gasteiger partial charge in [0.15, 0.2) is 0 Å². The first-order chi connectivity index (χ1) is 12.8. The standard InChI is InChI=1S/C18H22N4O4S/c1-18(2,3)26-17(24)22-10-13(11-22)25-16-21-20-15(27-16)19-14(23)9-12-7-5-4-6-8-12/h4-8,13H,9-11H2,1-3H3,(H,19,20,23). The van der Waals surface area contributed by atoms with Gasteiger partial charge in [0, 0.05) is 0 Å². The predicted octanol–water partition coefficient (Wildman–Crippen LogP) is 2.72. The maximum absolute atomic E-state index is 12.0. The summed E-state index contributed by atoms with van der Waals surface area (Å²) >= 11 is 1.16. The van der Waals surface area contributed by atoms with Crippen LogP contribution in [0.4, 0.5) is 9.93 Å². The van der Waals surface area contributed by atoms with E-state index < -0.39 is 5.60 Å². The van der Waals surface area contributed by atoms with Crippen molar-refractivity contribution in [3.8, 4) is 5.19 Å². The van der Waals surface area contributed by atoms with Crippen molar-refractivity contribution in [2.24, 2.45) is 0 Å². The molecule has 0 bridgehead atoms. The summed E-state index contributed by atoms with van der Waals surface area (Å²) in [5, 5.41) is 11.3. The zero-order valence-electron chi connectivity index (χ0n) is 15.5. The highest BCUT2D eigenvalue weighted by Crippen LogP contribution is 2.26. The van der Waals surface area contributed by atoms with E-state index in [0.717, 1.165) is 16.9 Å². The van der Waals surface area contributed by atoms with Crippen LogP contribution < -0.4 is 10.1 Å². The molecule has 1 aromatic carbocycles. The molecular formula is C18H22N4O4S. The van der Waals surface area contributed by atoms with E-state index in [-0.39, 0.29) is 24.5 Å². The van der Waals surface area contributed by atoms with Gasteiger partial charge in [-0.05, 0) is 37.7 Å². The molecule has 0 atom stereocenters. The van der Waals surface area contributed by atoms with Gasteiger partial charge >= 0.3 is 6.09 Å². The summed E-state index contributed by atoms with van der Waals surface area (Å²) in [4.78, 5) is 25.5. The first kappa shape index (κ1) is 19.1. The number of benzene rings is 1. The number of ether oxygens (including phenoxy) is 2. The van der Waals surface area contributed by atoms with E-state index in [1.54, 1.807) is 4.90 Å². The Balaban J connectivity index is 1.43. The van der Waals surface area contributed by atoms with Gasteiger partial charge in [0.2, 0.25) is 11.0 Å². The third-order valence-corrected chi connectivity index (χ3v) is 4.36. The minimum atomic E-state index is -0.519. The van der Waals surface area contributed by atoms with Crippen molar-refractivity contribution in [2.45, 2.75) is 38.9 Å². The molecule has 1 saturated heterocycles. The molecule has 2 amide bonds. The largest absolute Gasteiger partial charge is 0.462 e. The lowest BCUT2D eigenvalue weighted by molar-refractivity contribution is -0.115. The van der Waals surface area contributed by atoms with E-state index in [2.05, 4.69) is 15.5 Å². The number of nitrogens with one attached hydrogen (secondary N) is 1. The summed E-state index contributed by atoms with van der Waals surface area (Å²) in [7, 11) is 0. The van der Waals surface area contributed by atoms with Gasteiger partial charge in [-0.3, -0.25) is 4.79 Å². The monoisotopic (exact) mass is 390 g/mol. The Bertz CT molecular complexity index is 797. The van der Waals surface area contributed by atoms with Crippen LogP contribution in [0.1, 0.15) is 26.3 Å². The molecule has 0 spiro atoms. The highest BCUT2D eigenvalue weighted by atomic mass is 32.1. The van der Waals surface area contributed by atoms with E-state index in [9.17, 15) is 9.59 Å². The van der Waals surface area contributed by atoms with Crippen LogP contribution >= 0.6 is 11.3 Å². The number of anilines is 1. The lowest BCUT2D eigenvalue weighted by Crippen LogP contribution is -2.57. The Kier molecular flexibility index (Phi) is 5.59.